The molecule has 3 atom stereocenters. The second kappa shape index (κ2) is 7.19. The van der Waals surface area contributed by atoms with Gasteiger partial charge in [0.15, 0.2) is 0 Å². The van der Waals surface area contributed by atoms with Crippen molar-refractivity contribution in [2.75, 3.05) is 6.61 Å². The number of nitriles is 1. The van der Waals surface area contributed by atoms with Crippen LogP contribution in [0.3, 0.4) is 0 Å². The minimum absolute atomic E-state index is 0.0202. The number of carbonyl (C=O) groups excluding carboxylic acids is 1. The summed E-state index contributed by atoms with van der Waals surface area (Å²) in [7, 11) is 0. The Bertz CT molecular complexity index is 898. The Morgan fingerprint density at radius 2 is 2.00 bits per heavy atom. The maximum Gasteiger partial charge on any atom is 0.207 e. The van der Waals surface area contributed by atoms with E-state index in [2.05, 4.69) is 0 Å². The first kappa shape index (κ1) is 16.6. The van der Waals surface area contributed by atoms with Crippen LogP contribution >= 0.6 is 0 Å². The van der Waals surface area contributed by atoms with Crippen molar-refractivity contribution in [2.45, 2.75) is 31.5 Å². The van der Waals surface area contributed by atoms with E-state index in [-0.39, 0.29) is 36.3 Å². The SMILES string of the molecule is N#CCOC1CCC2C(=O)C(Oc3ccc4ccccc4c3)=COC2C1. The molecule has 2 aromatic carbocycles. The van der Waals surface area contributed by atoms with Crippen molar-refractivity contribution < 1.29 is 19.0 Å². The molecule has 0 saturated heterocycles. The average molecular weight is 349 g/mol. The van der Waals surface area contributed by atoms with Gasteiger partial charge in [-0.1, -0.05) is 30.3 Å². The Kier molecular flexibility index (Phi) is 4.59. The number of hydrogen-bond donors (Lipinski definition) is 0. The summed E-state index contributed by atoms with van der Waals surface area (Å²) >= 11 is 0. The quantitative estimate of drug-likeness (QED) is 0.841. The third-order valence-corrected chi connectivity index (χ3v) is 5.01. The second-order valence-electron chi connectivity index (χ2n) is 6.64. The molecule has 2 aromatic rings. The van der Waals surface area contributed by atoms with E-state index in [9.17, 15) is 4.79 Å². The Balaban J connectivity index is 1.47. The molecule has 2 aliphatic rings. The molecule has 4 rings (SSSR count). The van der Waals surface area contributed by atoms with Crippen molar-refractivity contribution in [2.24, 2.45) is 5.92 Å². The molecule has 0 spiro atoms. The van der Waals surface area contributed by atoms with Gasteiger partial charge in [-0.3, -0.25) is 4.79 Å². The van der Waals surface area contributed by atoms with Gasteiger partial charge >= 0.3 is 0 Å². The summed E-state index contributed by atoms with van der Waals surface area (Å²) < 4.78 is 17.1. The van der Waals surface area contributed by atoms with Gasteiger partial charge in [0.2, 0.25) is 11.5 Å². The highest BCUT2D eigenvalue weighted by atomic mass is 16.5. The predicted octanol–water partition coefficient (Wildman–Crippen LogP) is 3.74. The van der Waals surface area contributed by atoms with E-state index >= 15 is 0 Å². The Morgan fingerprint density at radius 3 is 2.85 bits per heavy atom. The summed E-state index contributed by atoms with van der Waals surface area (Å²) in [6.07, 6.45) is 3.24. The summed E-state index contributed by atoms with van der Waals surface area (Å²) in [5.74, 6) is 0.639. The minimum atomic E-state index is -0.211. The summed E-state index contributed by atoms with van der Waals surface area (Å²) in [6, 6.07) is 15.7. The van der Waals surface area contributed by atoms with Crippen LogP contribution in [0.25, 0.3) is 10.8 Å². The van der Waals surface area contributed by atoms with E-state index in [0.717, 1.165) is 17.2 Å². The summed E-state index contributed by atoms with van der Waals surface area (Å²) in [5.41, 5.74) is 0. The molecule has 0 aromatic heterocycles. The molecule has 5 nitrogen and oxygen atoms in total. The van der Waals surface area contributed by atoms with E-state index in [1.165, 1.54) is 6.26 Å². The zero-order valence-corrected chi connectivity index (χ0v) is 14.3. The highest BCUT2D eigenvalue weighted by Gasteiger charge is 2.41. The van der Waals surface area contributed by atoms with Crippen LogP contribution in [0.4, 0.5) is 0 Å². The third kappa shape index (κ3) is 3.29. The van der Waals surface area contributed by atoms with Gasteiger partial charge in [0.25, 0.3) is 0 Å². The van der Waals surface area contributed by atoms with Crippen LogP contribution in [0.1, 0.15) is 19.3 Å². The number of rotatable bonds is 4. The number of hydrogen-bond acceptors (Lipinski definition) is 5. The lowest BCUT2D eigenvalue weighted by molar-refractivity contribution is -0.133. The number of benzene rings is 2. The van der Waals surface area contributed by atoms with Gasteiger partial charge in [-0.25, -0.2) is 0 Å². The molecule has 1 aliphatic heterocycles. The van der Waals surface area contributed by atoms with Crippen LogP contribution in [-0.4, -0.2) is 24.6 Å². The van der Waals surface area contributed by atoms with Crippen LogP contribution in [0.5, 0.6) is 5.75 Å². The molecule has 1 fully saturated rings. The number of Topliss-reactive ketones (excluding diaryl/α,β-unsaturated/α-hetero) is 1. The van der Waals surface area contributed by atoms with E-state index in [1.807, 2.05) is 48.5 Å². The summed E-state index contributed by atoms with van der Waals surface area (Å²) in [4.78, 5) is 12.8. The zero-order chi connectivity index (χ0) is 17.9. The molecular formula is C21H19NO4. The second-order valence-corrected chi connectivity index (χ2v) is 6.64. The largest absolute Gasteiger partial charge is 0.493 e. The highest BCUT2D eigenvalue weighted by molar-refractivity contribution is 5.96. The van der Waals surface area contributed by atoms with Gasteiger partial charge < -0.3 is 14.2 Å². The van der Waals surface area contributed by atoms with E-state index in [0.29, 0.717) is 18.6 Å². The van der Waals surface area contributed by atoms with Crippen LogP contribution in [0, 0.1) is 17.2 Å². The van der Waals surface area contributed by atoms with Crippen molar-refractivity contribution in [3.63, 3.8) is 0 Å². The molecule has 1 aliphatic carbocycles. The molecule has 0 bridgehead atoms. The lowest BCUT2D eigenvalue weighted by Crippen LogP contribution is -2.42. The monoisotopic (exact) mass is 349 g/mol. The molecule has 0 amide bonds. The molecule has 0 N–H and O–H groups in total. The van der Waals surface area contributed by atoms with E-state index < -0.39 is 0 Å². The number of nitrogens with zero attached hydrogens (tertiary/aromatic N) is 1. The first-order valence-corrected chi connectivity index (χ1v) is 8.79. The number of allylic oxidation sites excluding steroid dienone is 1. The van der Waals surface area contributed by atoms with Crippen molar-refractivity contribution in [3.8, 4) is 11.8 Å². The molecule has 5 heteroatoms. The maximum absolute atomic E-state index is 12.8. The Hall–Kier alpha value is -2.84. The van der Waals surface area contributed by atoms with Gasteiger partial charge in [0, 0.05) is 6.42 Å². The average Bonchev–Trinajstić information content (AvgIpc) is 2.68. The first-order chi connectivity index (χ1) is 12.7. The number of carbonyl (C=O) groups is 1. The number of ketones is 1. The molecular weight excluding hydrogens is 330 g/mol. The molecule has 3 unspecified atom stereocenters. The Labute approximate surface area is 151 Å². The molecule has 1 saturated carbocycles. The van der Waals surface area contributed by atoms with Crippen molar-refractivity contribution in [1.82, 2.24) is 0 Å². The fraction of sp³-hybridized carbons (Fsp3) is 0.333. The topological polar surface area (TPSA) is 68.5 Å². The fourth-order valence-corrected chi connectivity index (χ4v) is 3.67. The molecule has 26 heavy (non-hydrogen) atoms. The van der Waals surface area contributed by atoms with Crippen LogP contribution in [0.15, 0.2) is 54.5 Å². The standard InChI is InChI=1S/C21H19NO4/c22-9-10-24-16-7-8-18-19(12-16)25-13-20(21(18)23)26-17-6-5-14-3-1-2-4-15(14)11-17/h1-6,11,13,16,18-19H,7-8,10,12H2. The normalized spacial score (nSPS) is 25.0. The van der Waals surface area contributed by atoms with Gasteiger partial charge in [0.05, 0.1) is 18.1 Å². The van der Waals surface area contributed by atoms with Gasteiger partial charge in [-0.05, 0) is 35.7 Å². The molecule has 0 radical (unpaired) electrons. The van der Waals surface area contributed by atoms with E-state index in [1.54, 1.807) is 0 Å². The van der Waals surface area contributed by atoms with Crippen LogP contribution in [-0.2, 0) is 14.3 Å². The van der Waals surface area contributed by atoms with Crippen LogP contribution < -0.4 is 4.74 Å². The third-order valence-electron chi connectivity index (χ3n) is 5.01. The van der Waals surface area contributed by atoms with Crippen LogP contribution in [0.2, 0.25) is 0 Å². The Morgan fingerprint density at radius 1 is 1.15 bits per heavy atom. The zero-order valence-electron chi connectivity index (χ0n) is 14.3. The van der Waals surface area contributed by atoms with Gasteiger partial charge in [-0.15, -0.1) is 0 Å². The van der Waals surface area contributed by atoms with Crippen molar-refractivity contribution in [3.05, 3.63) is 54.5 Å². The summed E-state index contributed by atoms with van der Waals surface area (Å²) in [6.45, 7) is 0.0716. The van der Waals surface area contributed by atoms with Crippen molar-refractivity contribution in [1.29, 1.82) is 5.26 Å². The number of fused-ring (bicyclic) bond motifs is 2. The van der Waals surface area contributed by atoms with Crippen molar-refractivity contribution >= 4 is 16.6 Å². The van der Waals surface area contributed by atoms with E-state index in [4.69, 9.17) is 19.5 Å². The lowest BCUT2D eigenvalue weighted by atomic mass is 9.80. The van der Waals surface area contributed by atoms with Gasteiger partial charge in [0.1, 0.15) is 24.7 Å². The summed E-state index contributed by atoms with van der Waals surface area (Å²) in [5, 5.41) is 10.8. The fourth-order valence-electron chi connectivity index (χ4n) is 3.67. The maximum atomic E-state index is 12.8. The highest BCUT2D eigenvalue weighted by Crippen LogP contribution is 2.35. The molecule has 132 valence electrons. The minimum Gasteiger partial charge on any atom is -0.493 e. The molecule has 1 heterocycles. The lowest BCUT2D eigenvalue weighted by Gasteiger charge is -2.36. The van der Waals surface area contributed by atoms with Gasteiger partial charge in [-0.2, -0.15) is 5.26 Å². The number of ether oxygens (including phenoxy) is 3. The predicted molar refractivity (Wildman–Crippen MR) is 95.2 cm³/mol. The first-order valence-electron chi connectivity index (χ1n) is 8.79. The smallest absolute Gasteiger partial charge is 0.207 e.